The fourth-order valence-electron chi connectivity index (χ4n) is 2.53. The van der Waals surface area contributed by atoms with Gasteiger partial charge in [-0.1, -0.05) is 11.6 Å². The molecule has 6 heteroatoms. The molecule has 1 N–H and O–H groups in total. The number of hydrogen-bond donors (Lipinski definition) is 1. The van der Waals surface area contributed by atoms with Crippen LogP contribution in [0.1, 0.15) is 5.56 Å². The first-order valence-electron chi connectivity index (χ1n) is 7.40. The quantitative estimate of drug-likeness (QED) is 0.943. The number of benzene rings is 1. The van der Waals surface area contributed by atoms with Crippen LogP contribution in [0.25, 0.3) is 0 Å². The molecule has 1 saturated heterocycles. The highest BCUT2D eigenvalue weighted by Crippen LogP contribution is 2.24. The highest BCUT2D eigenvalue weighted by molar-refractivity contribution is 6.30. The van der Waals surface area contributed by atoms with E-state index in [9.17, 15) is 0 Å². The number of aromatic nitrogens is 2. The van der Waals surface area contributed by atoms with Crippen LogP contribution in [0.5, 0.6) is 0 Å². The summed E-state index contributed by atoms with van der Waals surface area (Å²) in [7, 11) is 2.15. The Labute approximate surface area is 135 Å². The first-order chi connectivity index (χ1) is 10.6. The van der Waals surface area contributed by atoms with E-state index >= 15 is 0 Å². The fraction of sp³-hybridized carbons (Fsp3) is 0.375. The third-order valence-corrected chi connectivity index (χ3v) is 4.17. The zero-order chi connectivity index (χ0) is 15.5. The van der Waals surface area contributed by atoms with E-state index in [-0.39, 0.29) is 0 Å². The van der Waals surface area contributed by atoms with Crippen LogP contribution in [-0.4, -0.2) is 48.1 Å². The molecule has 1 aromatic heterocycles. The molecule has 1 aromatic carbocycles. The largest absolute Gasteiger partial charge is 0.354 e. The summed E-state index contributed by atoms with van der Waals surface area (Å²) in [5, 5.41) is 4.08. The second-order valence-corrected chi connectivity index (χ2v) is 6.07. The molecule has 0 amide bonds. The maximum atomic E-state index is 5.99. The summed E-state index contributed by atoms with van der Waals surface area (Å²) in [5.74, 6) is 1.77. The van der Waals surface area contributed by atoms with Crippen molar-refractivity contribution < 1.29 is 0 Å². The van der Waals surface area contributed by atoms with Crippen molar-refractivity contribution in [1.82, 2.24) is 14.9 Å². The van der Waals surface area contributed by atoms with Crippen molar-refractivity contribution in [2.45, 2.75) is 6.92 Å². The molecule has 1 aliphatic rings. The maximum absolute atomic E-state index is 5.99. The Morgan fingerprint density at radius 1 is 1.09 bits per heavy atom. The van der Waals surface area contributed by atoms with Crippen LogP contribution >= 0.6 is 11.6 Å². The third-order valence-electron chi connectivity index (χ3n) is 3.93. The van der Waals surface area contributed by atoms with Gasteiger partial charge in [0.1, 0.15) is 18.0 Å². The standard InChI is InChI=1S/C16H20ClN5/c1-12-9-13(17)3-4-14(12)20-15-10-16(19-11-18-15)22-7-5-21(2)6-8-22/h3-4,9-11H,5-8H2,1-2H3,(H,18,19,20). The van der Waals surface area contributed by atoms with Crippen molar-refractivity contribution >= 4 is 28.9 Å². The predicted octanol–water partition coefficient (Wildman–Crippen LogP) is 2.93. The minimum Gasteiger partial charge on any atom is -0.354 e. The highest BCUT2D eigenvalue weighted by atomic mass is 35.5. The van der Waals surface area contributed by atoms with E-state index < -0.39 is 0 Å². The lowest BCUT2D eigenvalue weighted by molar-refractivity contribution is 0.312. The van der Waals surface area contributed by atoms with Crippen LogP contribution < -0.4 is 10.2 Å². The van der Waals surface area contributed by atoms with E-state index in [0.717, 1.165) is 54.1 Å². The Balaban J connectivity index is 1.76. The van der Waals surface area contributed by atoms with E-state index in [4.69, 9.17) is 11.6 Å². The van der Waals surface area contributed by atoms with Crippen LogP contribution in [0.15, 0.2) is 30.6 Å². The summed E-state index contributed by atoms with van der Waals surface area (Å²) in [6.45, 7) is 6.13. The number of likely N-dealkylation sites (N-methyl/N-ethyl adjacent to an activating group) is 1. The average Bonchev–Trinajstić information content (AvgIpc) is 2.51. The zero-order valence-electron chi connectivity index (χ0n) is 12.9. The van der Waals surface area contributed by atoms with E-state index in [1.54, 1.807) is 6.33 Å². The number of halogens is 1. The van der Waals surface area contributed by atoms with E-state index in [2.05, 4.69) is 32.1 Å². The second-order valence-electron chi connectivity index (χ2n) is 5.64. The van der Waals surface area contributed by atoms with E-state index in [0.29, 0.717) is 0 Å². The van der Waals surface area contributed by atoms with Crippen molar-refractivity contribution in [3.8, 4) is 0 Å². The Bertz CT molecular complexity index is 653. The Morgan fingerprint density at radius 3 is 2.59 bits per heavy atom. The summed E-state index contributed by atoms with van der Waals surface area (Å²) >= 11 is 5.99. The molecule has 116 valence electrons. The lowest BCUT2D eigenvalue weighted by atomic mass is 10.2. The van der Waals surface area contributed by atoms with Gasteiger partial charge in [-0.25, -0.2) is 9.97 Å². The highest BCUT2D eigenvalue weighted by Gasteiger charge is 2.15. The molecule has 0 radical (unpaired) electrons. The Kier molecular flexibility index (Phi) is 4.45. The number of nitrogens with zero attached hydrogens (tertiary/aromatic N) is 4. The number of nitrogens with one attached hydrogen (secondary N) is 1. The molecule has 0 unspecified atom stereocenters. The molecule has 0 atom stereocenters. The summed E-state index contributed by atoms with van der Waals surface area (Å²) in [6.07, 6.45) is 1.61. The van der Waals surface area contributed by atoms with Gasteiger partial charge in [0.05, 0.1) is 0 Å². The van der Waals surface area contributed by atoms with Crippen molar-refractivity contribution in [3.63, 3.8) is 0 Å². The summed E-state index contributed by atoms with van der Waals surface area (Å²) in [4.78, 5) is 13.3. The predicted molar refractivity (Wildman–Crippen MR) is 91.2 cm³/mol. The van der Waals surface area contributed by atoms with Crippen molar-refractivity contribution in [1.29, 1.82) is 0 Å². The Hall–Kier alpha value is -1.85. The molecule has 3 rings (SSSR count). The minimum atomic E-state index is 0.740. The van der Waals surface area contributed by atoms with Gasteiger partial charge in [0, 0.05) is 43.0 Å². The number of aryl methyl sites for hydroxylation is 1. The van der Waals surface area contributed by atoms with Gasteiger partial charge in [-0.3, -0.25) is 0 Å². The summed E-state index contributed by atoms with van der Waals surface area (Å²) in [5.41, 5.74) is 2.10. The first kappa shape index (κ1) is 15.1. The molecule has 1 aliphatic heterocycles. The molecule has 1 fully saturated rings. The van der Waals surface area contributed by atoms with Gasteiger partial charge in [-0.2, -0.15) is 0 Å². The van der Waals surface area contributed by atoms with Gasteiger partial charge in [0.25, 0.3) is 0 Å². The number of rotatable bonds is 3. The molecule has 2 heterocycles. The van der Waals surface area contributed by atoms with Crippen molar-refractivity contribution in [3.05, 3.63) is 41.2 Å². The normalized spacial score (nSPS) is 15.9. The Morgan fingerprint density at radius 2 is 1.86 bits per heavy atom. The van der Waals surface area contributed by atoms with Gasteiger partial charge in [0.15, 0.2) is 0 Å². The zero-order valence-corrected chi connectivity index (χ0v) is 13.6. The van der Waals surface area contributed by atoms with Crippen LogP contribution in [0.3, 0.4) is 0 Å². The summed E-state index contributed by atoms with van der Waals surface area (Å²) in [6, 6.07) is 7.78. The van der Waals surface area contributed by atoms with Gasteiger partial charge in [-0.15, -0.1) is 0 Å². The molecular weight excluding hydrogens is 298 g/mol. The third kappa shape index (κ3) is 3.48. The second kappa shape index (κ2) is 6.50. The van der Waals surface area contributed by atoms with Gasteiger partial charge < -0.3 is 15.1 Å². The van der Waals surface area contributed by atoms with Gasteiger partial charge >= 0.3 is 0 Å². The molecule has 0 saturated carbocycles. The SMILES string of the molecule is Cc1cc(Cl)ccc1Nc1cc(N2CCN(C)CC2)ncn1. The van der Waals surface area contributed by atoms with Gasteiger partial charge in [0.2, 0.25) is 0 Å². The van der Waals surface area contributed by atoms with Crippen LogP contribution in [0.4, 0.5) is 17.3 Å². The first-order valence-corrected chi connectivity index (χ1v) is 7.78. The number of piperazine rings is 1. The molecule has 0 spiro atoms. The molecule has 22 heavy (non-hydrogen) atoms. The molecule has 0 bridgehead atoms. The van der Waals surface area contributed by atoms with Crippen molar-refractivity contribution in [2.24, 2.45) is 0 Å². The molecule has 5 nitrogen and oxygen atoms in total. The smallest absolute Gasteiger partial charge is 0.135 e. The topological polar surface area (TPSA) is 44.3 Å². The lowest BCUT2D eigenvalue weighted by Gasteiger charge is -2.33. The van der Waals surface area contributed by atoms with Crippen LogP contribution in [-0.2, 0) is 0 Å². The molecule has 2 aromatic rings. The number of hydrogen-bond acceptors (Lipinski definition) is 5. The number of anilines is 3. The average molecular weight is 318 g/mol. The molecule has 0 aliphatic carbocycles. The monoisotopic (exact) mass is 317 g/mol. The lowest BCUT2D eigenvalue weighted by Crippen LogP contribution is -2.44. The van der Waals surface area contributed by atoms with Crippen molar-refractivity contribution in [2.75, 3.05) is 43.4 Å². The minimum absolute atomic E-state index is 0.740. The van der Waals surface area contributed by atoms with Crippen LogP contribution in [0.2, 0.25) is 5.02 Å². The van der Waals surface area contributed by atoms with Crippen LogP contribution in [0, 0.1) is 6.92 Å². The fourth-order valence-corrected chi connectivity index (χ4v) is 2.76. The molecular formula is C16H20ClN5. The summed E-state index contributed by atoms with van der Waals surface area (Å²) < 4.78 is 0. The maximum Gasteiger partial charge on any atom is 0.135 e. The van der Waals surface area contributed by atoms with E-state index in [1.807, 2.05) is 31.2 Å². The van der Waals surface area contributed by atoms with E-state index in [1.165, 1.54) is 0 Å². The van der Waals surface area contributed by atoms with Gasteiger partial charge in [-0.05, 0) is 37.7 Å².